The number of carbonyl (C=O) groups is 1. The van der Waals surface area contributed by atoms with Crippen molar-refractivity contribution >= 4 is 11.9 Å². The van der Waals surface area contributed by atoms with Gasteiger partial charge in [0, 0.05) is 25.7 Å². The molecule has 31 heavy (non-hydrogen) atoms. The zero-order valence-electron chi connectivity index (χ0n) is 19.0. The molecule has 0 radical (unpaired) electrons. The van der Waals surface area contributed by atoms with Crippen LogP contribution in [0.1, 0.15) is 42.3 Å². The largest absolute Gasteiger partial charge is 0.490 e. The van der Waals surface area contributed by atoms with Crippen molar-refractivity contribution in [2.45, 2.75) is 33.7 Å². The van der Waals surface area contributed by atoms with Crippen LogP contribution in [-0.4, -0.2) is 45.2 Å². The SMILES string of the molecule is CCNC(=NCc1cccc(C(=O)NC)c1)NCCc1ccc(OCC)c(OCC)c1. The molecule has 0 atom stereocenters. The van der Waals surface area contributed by atoms with Gasteiger partial charge in [-0.1, -0.05) is 18.2 Å². The Morgan fingerprint density at radius 1 is 0.935 bits per heavy atom. The molecule has 0 fully saturated rings. The number of benzene rings is 2. The maximum atomic E-state index is 11.8. The third-order valence-corrected chi connectivity index (χ3v) is 4.49. The van der Waals surface area contributed by atoms with E-state index in [4.69, 9.17) is 9.47 Å². The van der Waals surface area contributed by atoms with Crippen LogP contribution in [0.4, 0.5) is 0 Å². The molecule has 168 valence electrons. The first-order valence-electron chi connectivity index (χ1n) is 10.8. The molecule has 7 nitrogen and oxygen atoms in total. The molecule has 0 saturated carbocycles. The molecular formula is C24H34N4O3. The highest BCUT2D eigenvalue weighted by molar-refractivity contribution is 5.94. The molecule has 7 heteroatoms. The number of carbonyl (C=O) groups excluding carboxylic acids is 1. The van der Waals surface area contributed by atoms with E-state index in [1.54, 1.807) is 13.1 Å². The highest BCUT2D eigenvalue weighted by atomic mass is 16.5. The number of guanidine groups is 1. The maximum absolute atomic E-state index is 11.8. The van der Waals surface area contributed by atoms with Gasteiger partial charge in [0.05, 0.1) is 19.8 Å². The summed E-state index contributed by atoms with van der Waals surface area (Å²) in [6.07, 6.45) is 0.822. The van der Waals surface area contributed by atoms with Crippen molar-refractivity contribution in [3.63, 3.8) is 0 Å². The number of nitrogens with zero attached hydrogens (tertiary/aromatic N) is 1. The smallest absolute Gasteiger partial charge is 0.251 e. The fourth-order valence-corrected chi connectivity index (χ4v) is 3.04. The average Bonchev–Trinajstić information content (AvgIpc) is 2.79. The van der Waals surface area contributed by atoms with E-state index < -0.39 is 0 Å². The van der Waals surface area contributed by atoms with E-state index in [1.807, 2.05) is 51.1 Å². The maximum Gasteiger partial charge on any atom is 0.251 e. The van der Waals surface area contributed by atoms with Gasteiger partial charge in [0.15, 0.2) is 17.5 Å². The minimum absolute atomic E-state index is 0.0994. The zero-order chi connectivity index (χ0) is 22.5. The van der Waals surface area contributed by atoms with Crippen LogP contribution in [0.25, 0.3) is 0 Å². The van der Waals surface area contributed by atoms with Gasteiger partial charge in [-0.15, -0.1) is 0 Å². The Morgan fingerprint density at radius 3 is 2.42 bits per heavy atom. The van der Waals surface area contributed by atoms with Crippen LogP contribution in [0.2, 0.25) is 0 Å². The Labute approximate surface area is 185 Å². The summed E-state index contributed by atoms with van der Waals surface area (Å²) in [5.74, 6) is 2.19. The van der Waals surface area contributed by atoms with Crippen molar-refractivity contribution in [3.8, 4) is 11.5 Å². The second-order valence-corrected chi connectivity index (χ2v) is 6.80. The van der Waals surface area contributed by atoms with Gasteiger partial charge in [-0.3, -0.25) is 4.79 Å². The highest BCUT2D eigenvalue weighted by Crippen LogP contribution is 2.28. The number of hydrogen-bond acceptors (Lipinski definition) is 4. The zero-order valence-corrected chi connectivity index (χ0v) is 19.0. The number of ether oxygens (including phenoxy) is 2. The summed E-state index contributed by atoms with van der Waals surface area (Å²) in [4.78, 5) is 16.5. The molecular weight excluding hydrogens is 392 g/mol. The molecule has 0 aliphatic carbocycles. The first kappa shape index (κ1) is 24.1. The highest BCUT2D eigenvalue weighted by Gasteiger charge is 2.07. The van der Waals surface area contributed by atoms with Crippen molar-refractivity contribution in [2.24, 2.45) is 4.99 Å². The standard InChI is InChI=1S/C24H34N4O3/c1-5-26-24(28-17-19-9-8-10-20(15-19)23(29)25-4)27-14-13-18-11-12-21(30-6-2)22(16-18)31-7-3/h8-12,15-16H,5-7,13-14,17H2,1-4H3,(H,25,29)(H2,26,27,28). The van der Waals surface area contributed by atoms with Crippen molar-refractivity contribution in [2.75, 3.05) is 33.4 Å². The van der Waals surface area contributed by atoms with E-state index >= 15 is 0 Å². The second-order valence-electron chi connectivity index (χ2n) is 6.80. The van der Waals surface area contributed by atoms with E-state index in [9.17, 15) is 4.79 Å². The first-order chi connectivity index (χ1) is 15.1. The lowest BCUT2D eigenvalue weighted by molar-refractivity contribution is 0.0963. The Bertz CT molecular complexity index is 868. The molecule has 0 aliphatic heterocycles. The van der Waals surface area contributed by atoms with E-state index in [2.05, 4.69) is 27.0 Å². The van der Waals surface area contributed by atoms with Crippen LogP contribution in [0.15, 0.2) is 47.5 Å². The quantitative estimate of drug-likeness (QED) is 0.380. The van der Waals surface area contributed by atoms with E-state index in [-0.39, 0.29) is 5.91 Å². The summed E-state index contributed by atoms with van der Waals surface area (Å²) in [5, 5.41) is 9.27. The molecule has 0 bridgehead atoms. The molecule has 0 unspecified atom stereocenters. The number of rotatable bonds is 11. The lowest BCUT2D eigenvalue weighted by atomic mass is 10.1. The molecule has 2 aromatic rings. The molecule has 3 N–H and O–H groups in total. The van der Waals surface area contributed by atoms with Gasteiger partial charge in [-0.2, -0.15) is 0 Å². The van der Waals surface area contributed by atoms with Crippen LogP contribution < -0.4 is 25.4 Å². The van der Waals surface area contributed by atoms with Gasteiger partial charge < -0.3 is 25.4 Å². The second kappa shape index (κ2) is 13.2. The number of amides is 1. The molecule has 0 heterocycles. The number of aliphatic imine (C=N–C) groups is 1. The molecule has 2 aromatic carbocycles. The lowest BCUT2D eigenvalue weighted by Gasteiger charge is -2.14. The van der Waals surface area contributed by atoms with Crippen LogP contribution in [0.3, 0.4) is 0 Å². The van der Waals surface area contributed by atoms with Gasteiger partial charge >= 0.3 is 0 Å². The third-order valence-electron chi connectivity index (χ3n) is 4.49. The van der Waals surface area contributed by atoms with Crippen LogP contribution in [0.5, 0.6) is 11.5 Å². The monoisotopic (exact) mass is 426 g/mol. The fourth-order valence-electron chi connectivity index (χ4n) is 3.04. The Morgan fingerprint density at radius 2 is 1.71 bits per heavy atom. The van der Waals surface area contributed by atoms with Crippen LogP contribution in [-0.2, 0) is 13.0 Å². The predicted octanol–water partition coefficient (Wildman–Crippen LogP) is 3.14. The predicted molar refractivity (Wildman–Crippen MR) is 125 cm³/mol. The third kappa shape index (κ3) is 7.85. The van der Waals surface area contributed by atoms with Crippen molar-refractivity contribution < 1.29 is 14.3 Å². The van der Waals surface area contributed by atoms with E-state index in [0.717, 1.165) is 48.1 Å². The van der Waals surface area contributed by atoms with Gasteiger partial charge in [0.2, 0.25) is 0 Å². The van der Waals surface area contributed by atoms with E-state index in [0.29, 0.717) is 25.3 Å². The van der Waals surface area contributed by atoms with Crippen LogP contribution in [0, 0.1) is 0 Å². The Hall–Kier alpha value is -3.22. The van der Waals surface area contributed by atoms with Crippen molar-refractivity contribution in [1.82, 2.24) is 16.0 Å². The van der Waals surface area contributed by atoms with Gasteiger partial charge in [0.25, 0.3) is 5.91 Å². The normalized spacial score (nSPS) is 11.0. The summed E-state index contributed by atoms with van der Waals surface area (Å²) < 4.78 is 11.3. The lowest BCUT2D eigenvalue weighted by Crippen LogP contribution is -2.38. The Balaban J connectivity index is 1.98. The minimum Gasteiger partial charge on any atom is -0.490 e. The van der Waals surface area contributed by atoms with E-state index in [1.165, 1.54) is 0 Å². The molecule has 0 aromatic heterocycles. The van der Waals surface area contributed by atoms with Gasteiger partial charge in [-0.05, 0) is 62.6 Å². The summed E-state index contributed by atoms with van der Waals surface area (Å²) in [5.41, 5.74) is 2.77. The summed E-state index contributed by atoms with van der Waals surface area (Å²) in [6.45, 7) is 9.14. The van der Waals surface area contributed by atoms with Crippen LogP contribution >= 0.6 is 0 Å². The van der Waals surface area contributed by atoms with Gasteiger partial charge in [-0.25, -0.2) is 4.99 Å². The molecule has 1 amide bonds. The summed E-state index contributed by atoms with van der Waals surface area (Å²) in [6, 6.07) is 13.5. The number of nitrogens with one attached hydrogen (secondary N) is 3. The first-order valence-corrected chi connectivity index (χ1v) is 10.8. The molecule has 0 saturated heterocycles. The van der Waals surface area contributed by atoms with Gasteiger partial charge in [0.1, 0.15) is 0 Å². The topological polar surface area (TPSA) is 84.0 Å². The van der Waals surface area contributed by atoms with Crippen molar-refractivity contribution in [1.29, 1.82) is 0 Å². The fraction of sp³-hybridized carbons (Fsp3) is 0.417. The minimum atomic E-state index is -0.0994. The number of hydrogen-bond donors (Lipinski definition) is 3. The molecule has 0 spiro atoms. The molecule has 2 rings (SSSR count). The Kier molecular flexibility index (Phi) is 10.2. The van der Waals surface area contributed by atoms with Crippen molar-refractivity contribution in [3.05, 3.63) is 59.2 Å². The summed E-state index contributed by atoms with van der Waals surface area (Å²) >= 11 is 0. The summed E-state index contributed by atoms with van der Waals surface area (Å²) in [7, 11) is 1.63. The average molecular weight is 427 g/mol. The molecule has 0 aliphatic rings.